The molecule has 2 rings (SSSR count). The third kappa shape index (κ3) is 2.97. The zero-order valence-corrected chi connectivity index (χ0v) is 11.1. The molecule has 0 aliphatic heterocycles. The molecule has 1 aromatic heterocycles. The Hall–Kier alpha value is -1.09. The third-order valence-electron chi connectivity index (χ3n) is 3.95. The molecule has 0 saturated heterocycles. The van der Waals surface area contributed by atoms with Gasteiger partial charge in [0, 0.05) is 26.3 Å². The second-order valence-electron chi connectivity index (χ2n) is 5.19. The van der Waals surface area contributed by atoms with Crippen LogP contribution in [0.2, 0.25) is 0 Å². The van der Waals surface area contributed by atoms with Crippen molar-refractivity contribution in [3.05, 3.63) is 29.6 Å². The normalized spacial score (nSPS) is 24.8. The number of hydrogen-bond acceptors (Lipinski definition) is 2. The zero-order valence-electron chi connectivity index (χ0n) is 11.1. The fraction of sp³-hybridized carbons (Fsp3) is 0.643. The van der Waals surface area contributed by atoms with Gasteiger partial charge in [-0.2, -0.15) is 5.10 Å². The molecule has 94 valence electrons. The minimum absolute atomic E-state index is 0.706. The van der Waals surface area contributed by atoms with Crippen LogP contribution in [0.25, 0.3) is 0 Å². The van der Waals surface area contributed by atoms with Crippen molar-refractivity contribution in [3.63, 3.8) is 0 Å². The van der Waals surface area contributed by atoms with Crippen LogP contribution in [0.3, 0.4) is 0 Å². The van der Waals surface area contributed by atoms with Crippen molar-refractivity contribution in [2.45, 2.75) is 33.2 Å². The van der Waals surface area contributed by atoms with Crippen LogP contribution in [0.1, 0.15) is 32.4 Å². The van der Waals surface area contributed by atoms with Crippen molar-refractivity contribution >= 4 is 0 Å². The number of rotatable bonds is 4. The lowest BCUT2D eigenvalue weighted by Crippen LogP contribution is -2.29. The Balaban J connectivity index is 1.84. The average Bonchev–Trinajstić information content (AvgIpc) is 2.69. The van der Waals surface area contributed by atoms with Gasteiger partial charge in [-0.1, -0.05) is 18.6 Å². The SMILES string of the molecule is CC1=CCC[C@H](C)[C@H]1CNCc1ccnn1C. The first kappa shape index (κ1) is 12.4. The Bertz CT molecular complexity index is 392. The highest BCUT2D eigenvalue weighted by atomic mass is 15.3. The number of nitrogens with one attached hydrogen (secondary N) is 1. The summed E-state index contributed by atoms with van der Waals surface area (Å²) >= 11 is 0. The molecule has 1 aromatic rings. The molecule has 0 unspecified atom stereocenters. The molecular formula is C14H23N3. The van der Waals surface area contributed by atoms with E-state index in [0.717, 1.165) is 19.0 Å². The van der Waals surface area contributed by atoms with E-state index in [1.54, 1.807) is 5.57 Å². The summed E-state index contributed by atoms with van der Waals surface area (Å²) in [7, 11) is 1.99. The van der Waals surface area contributed by atoms with Crippen LogP contribution in [0.5, 0.6) is 0 Å². The van der Waals surface area contributed by atoms with Crippen LogP contribution in [-0.4, -0.2) is 16.3 Å². The second-order valence-corrected chi connectivity index (χ2v) is 5.19. The molecule has 0 radical (unpaired) electrons. The van der Waals surface area contributed by atoms with Crippen LogP contribution in [-0.2, 0) is 13.6 Å². The van der Waals surface area contributed by atoms with Gasteiger partial charge in [-0.15, -0.1) is 0 Å². The summed E-state index contributed by atoms with van der Waals surface area (Å²) in [5.41, 5.74) is 2.80. The summed E-state index contributed by atoms with van der Waals surface area (Å²) < 4.78 is 1.93. The number of nitrogens with zero attached hydrogens (tertiary/aromatic N) is 2. The highest BCUT2D eigenvalue weighted by molar-refractivity contribution is 5.09. The molecule has 1 heterocycles. The van der Waals surface area contributed by atoms with Gasteiger partial charge < -0.3 is 5.32 Å². The predicted molar refractivity (Wildman–Crippen MR) is 70.6 cm³/mol. The maximum atomic E-state index is 4.18. The van der Waals surface area contributed by atoms with Gasteiger partial charge >= 0.3 is 0 Å². The molecule has 3 heteroatoms. The number of aryl methyl sites for hydroxylation is 1. The van der Waals surface area contributed by atoms with Crippen molar-refractivity contribution in [1.82, 2.24) is 15.1 Å². The molecule has 0 fully saturated rings. The lowest BCUT2D eigenvalue weighted by Gasteiger charge is -2.29. The fourth-order valence-corrected chi connectivity index (χ4v) is 2.67. The molecule has 1 aliphatic carbocycles. The third-order valence-corrected chi connectivity index (χ3v) is 3.95. The summed E-state index contributed by atoms with van der Waals surface area (Å²) in [6, 6.07) is 2.07. The van der Waals surface area contributed by atoms with E-state index in [1.165, 1.54) is 18.5 Å². The van der Waals surface area contributed by atoms with E-state index in [-0.39, 0.29) is 0 Å². The summed E-state index contributed by atoms with van der Waals surface area (Å²) in [5.74, 6) is 1.51. The molecule has 0 aromatic carbocycles. The summed E-state index contributed by atoms with van der Waals surface area (Å²) in [6.07, 6.45) is 6.84. The lowest BCUT2D eigenvalue weighted by atomic mass is 9.80. The molecule has 0 spiro atoms. The van der Waals surface area contributed by atoms with Crippen molar-refractivity contribution < 1.29 is 0 Å². The van der Waals surface area contributed by atoms with Crippen molar-refractivity contribution in [1.29, 1.82) is 0 Å². The van der Waals surface area contributed by atoms with Crippen LogP contribution < -0.4 is 5.32 Å². The Kier molecular flexibility index (Phi) is 4.00. The highest BCUT2D eigenvalue weighted by Crippen LogP contribution is 2.29. The Morgan fingerprint density at radius 3 is 3.00 bits per heavy atom. The van der Waals surface area contributed by atoms with Crippen LogP contribution in [0, 0.1) is 11.8 Å². The summed E-state index contributed by atoms with van der Waals surface area (Å²) in [5, 5.41) is 7.73. The van der Waals surface area contributed by atoms with Crippen molar-refractivity contribution in [3.8, 4) is 0 Å². The van der Waals surface area contributed by atoms with Gasteiger partial charge in [0.1, 0.15) is 0 Å². The van der Waals surface area contributed by atoms with E-state index in [1.807, 2.05) is 17.9 Å². The fourth-order valence-electron chi connectivity index (χ4n) is 2.67. The van der Waals surface area contributed by atoms with Gasteiger partial charge in [0.15, 0.2) is 0 Å². The minimum Gasteiger partial charge on any atom is -0.311 e. The van der Waals surface area contributed by atoms with Gasteiger partial charge in [-0.3, -0.25) is 4.68 Å². The maximum absolute atomic E-state index is 4.18. The molecule has 0 saturated carbocycles. The lowest BCUT2D eigenvalue weighted by molar-refractivity contribution is 0.348. The van der Waals surface area contributed by atoms with E-state index >= 15 is 0 Å². The van der Waals surface area contributed by atoms with Crippen molar-refractivity contribution in [2.24, 2.45) is 18.9 Å². The second kappa shape index (κ2) is 5.50. The number of aromatic nitrogens is 2. The predicted octanol–water partition coefficient (Wildman–Crippen LogP) is 2.50. The quantitative estimate of drug-likeness (QED) is 0.810. The first-order valence-electron chi connectivity index (χ1n) is 6.52. The van der Waals surface area contributed by atoms with Crippen molar-refractivity contribution in [2.75, 3.05) is 6.54 Å². The van der Waals surface area contributed by atoms with E-state index in [2.05, 4.69) is 36.4 Å². The topological polar surface area (TPSA) is 29.9 Å². The molecule has 0 bridgehead atoms. The smallest absolute Gasteiger partial charge is 0.0518 e. The maximum Gasteiger partial charge on any atom is 0.0518 e. The van der Waals surface area contributed by atoms with E-state index in [9.17, 15) is 0 Å². The van der Waals surface area contributed by atoms with Crippen LogP contribution in [0.4, 0.5) is 0 Å². The van der Waals surface area contributed by atoms with E-state index in [0.29, 0.717) is 5.92 Å². The van der Waals surface area contributed by atoms with Gasteiger partial charge in [-0.25, -0.2) is 0 Å². The largest absolute Gasteiger partial charge is 0.311 e. The standard InChI is InChI=1S/C14H23N3/c1-11-5-4-6-12(2)14(11)10-15-9-13-7-8-16-17(13)3/h5,7-8,12,14-15H,4,6,9-10H2,1-3H3/t12-,14-/m0/s1. The number of allylic oxidation sites excluding steroid dienone is 1. The minimum atomic E-state index is 0.706. The highest BCUT2D eigenvalue weighted by Gasteiger charge is 2.21. The van der Waals surface area contributed by atoms with Crippen LogP contribution in [0.15, 0.2) is 23.9 Å². The summed E-state index contributed by atoms with van der Waals surface area (Å²) in [4.78, 5) is 0. The molecule has 17 heavy (non-hydrogen) atoms. The molecule has 1 N–H and O–H groups in total. The first-order chi connectivity index (χ1) is 8.18. The molecule has 2 atom stereocenters. The van der Waals surface area contributed by atoms with E-state index < -0.39 is 0 Å². The molecule has 1 aliphatic rings. The Morgan fingerprint density at radius 1 is 1.53 bits per heavy atom. The molecular weight excluding hydrogens is 210 g/mol. The summed E-state index contributed by atoms with van der Waals surface area (Å²) in [6.45, 7) is 6.63. The van der Waals surface area contributed by atoms with Gasteiger partial charge in [0.05, 0.1) is 5.69 Å². The van der Waals surface area contributed by atoms with Gasteiger partial charge in [-0.05, 0) is 37.7 Å². The Morgan fingerprint density at radius 2 is 2.35 bits per heavy atom. The zero-order chi connectivity index (χ0) is 12.3. The van der Waals surface area contributed by atoms with Gasteiger partial charge in [0.25, 0.3) is 0 Å². The van der Waals surface area contributed by atoms with Gasteiger partial charge in [0.2, 0.25) is 0 Å². The average molecular weight is 233 g/mol. The molecule has 0 amide bonds. The monoisotopic (exact) mass is 233 g/mol. The van der Waals surface area contributed by atoms with Crippen LogP contribution >= 0.6 is 0 Å². The first-order valence-corrected chi connectivity index (χ1v) is 6.52. The van der Waals surface area contributed by atoms with E-state index in [4.69, 9.17) is 0 Å². The number of hydrogen-bond donors (Lipinski definition) is 1. The molecule has 3 nitrogen and oxygen atoms in total. The Labute approximate surface area is 104 Å².